The number of morpholine rings is 1. The Morgan fingerprint density at radius 3 is 2.27 bits per heavy atom. The Morgan fingerprint density at radius 1 is 0.938 bits per heavy atom. The SMILES string of the molecule is CN1[C@@H]2CC(OC(=O)Nc3ccc(CCCC(=O)Nc4ccc(CO[Si](C)(C)C(C)(C)C)cc4Br)cc3-c3ccccc3)C[C@H]1[C@@H]1O[C@@H]12. The molecule has 3 heterocycles. The summed E-state index contributed by atoms with van der Waals surface area (Å²) in [6, 6.07) is 22.7. The number of epoxide rings is 1. The lowest BCUT2D eigenvalue weighted by Gasteiger charge is -2.37. The van der Waals surface area contributed by atoms with E-state index in [1.54, 1.807) is 0 Å². The topological polar surface area (TPSA) is 92.4 Å². The van der Waals surface area contributed by atoms with E-state index >= 15 is 0 Å². The molecule has 10 heteroatoms. The van der Waals surface area contributed by atoms with E-state index < -0.39 is 14.4 Å². The van der Waals surface area contributed by atoms with Gasteiger partial charge in [0.05, 0.1) is 18.0 Å². The molecule has 0 spiro atoms. The van der Waals surface area contributed by atoms with Crippen LogP contribution < -0.4 is 10.6 Å². The van der Waals surface area contributed by atoms with E-state index in [1.165, 1.54) is 0 Å². The van der Waals surface area contributed by atoms with Crippen molar-refractivity contribution in [3.63, 3.8) is 0 Å². The van der Waals surface area contributed by atoms with Crippen LogP contribution in [-0.4, -0.2) is 62.7 Å². The normalized spacial score (nSPS) is 23.4. The first kappa shape index (κ1) is 34.8. The number of ether oxygens (including phenoxy) is 2. The van der Waals surface area contributed by atoms with Crippen molar-refractivity contribution in [2.75, 3.05) is 17.7 Å². The summed E-state index contributed by atoms with van der Waals surface area (Å²) in [5, 5.41) is 6.22. The molecule has 3 aliphatic rings. The molecular formula is C38H48BrN3O5Si. The predicted octanol–water partition coefficient (Wildman–Crippen LogP) is 8.76. The van der Waals surface area contributed by atoms with Crippen LogP contribution in [0.4, 0.5) is 16.2 Å². The predicted molar refractivity (Wildman–Crippen MR) is 197 cm³/mol. The van der Waals surface area contributed by atoms with Crippen molar-refractivity contribution < 1.29 is 23.5 Å². The molecule has 48 heavy (non-hydrogen) atoms. The van der Waals surface area contributed by atoms with Gasteiger partial charge in [-0.1, -0.05) is 63.2 Å². The number of rotatable bonds is 11. The molecule has 3 aromatic carbocycles. The number of amides is 2. The second kappa shape index (κ2) is 14.1. The van der Waals surface area contributed by atoms with Crippen LogP contribution in [0.25, 0.3) is 11.1 Å². The van der Waals surface area contributed by atoms with E-state index in [-0.39, 0.29) is 17.0 Å². The van der Waals surface area contributed by atoms with Crippen molar-refractivity contribution in [2.24, 2.45) is 0 Å². The number of halogens is 1. The second-order valence-corrected chi connectivity index (χ2v) is 20.7. The average molecular weight is 735 g/mol. The molecule has 256 valence electrons. The molecule has 5 atom stereocenters. The van der Waals surface area contributed by atoms with Crippen molar-refractivity contribution in [3.05, 3.63) is 82.3 Å². The summed E-state index contributed by atoms with van der Waals surface area (Å²) in [4.78, 5) is 28.4. The Bertz CT molecular complexity index is 1630. The number of nitrogens with one attached hydrogen (secondary N) is 2. The molecule has 6 rings (SSSR count). The fourth-order valence-corrected chi connectivity index (χ4v) is 8.18. The molecule has 0 aromatic heterocycles. The Kier molecular flexibility index (Phi) is 10.2. The minimum Gasteiger partial charge on any atom is -0.446 e. The summed E-state index contributed by atoms with van der Waals surface area (Å²) >= 11 is 3.63. The third-order valence-electron chi connectivity index (χ3n) is 10.6. The number of carbonyl (C=O) groups excluding carboxylic acids is 2. The van der Waals surface area contributed by atoms with Gasteiger partial charge in [0.2, 0.25) is 5.91 Å². The largest absolute Gasteiger partial charge is 0.446 e. The Morgan fingerprint density at radius 2 is 1.60 bits per heavy atom. The van der Waals surface area contributed by atoms with Gasteiger partial charge in [0, 0.05) is 41.4 Å². The smallest absolute Gasteiger partial charge is 0.411 e. The summed E-state index contributed by atoms with van der Waals surface area (Å²) in [6.07, 6.45) is 3.46. The van der Waals surface area contributed by atoms with Gasteiger partial charge in [0.1, 0.15) is 18.3 Å². The molecule has 3 aromatic rings. The van der Waals surface area contributed by atoms with Gasteiger partial charge in [-0.15, -0.1) is 0 Å². The van der Waals surface area contributed by atoms with Gasteiger partial charge in [0.15, 0.2) is 8.32 Å². The minimum absolute atomic E-state index is 0.0310. The fourth-order valence-electron chi connectivity index (χ4n) is 6.70. The molecular weight excluding hydrogens is 686 g/mol. The van der Waals surface area contributed by atoms with Crippen molar-refractivity contribution in [2.45, 2.75) is 108 Å². The third kappa shape index (κ3) is 7.89. The van der Waals surface area contributed by atoms with E-state index in [9.17, 15) is 9.59 Å². The van der Waals surface area contributed by atoms with Crippen LogP contribution in [0.2, 0.25) is 18.1 Å². The molecule has 2 bridgehead atoms. The molecule has 2 amide bonds. The lowest BCUT2D eigenvalue weighted by Crippen LogP contribution is -2.48. The van der Waals surface area contributed by atoms with Crippen LogP contribution >= 0.6 is 15.9 Å². The van der Waals surface area contributed by atoms with Crippen LogP contribution in [0.1, 0.15) is 57.6 Å². The van der Waals surface area contributed by atoms with E-state index in [0.29, 0.717) is 49.4 Å². The lowest BCUT2D eigenvalue weighted by molar-refractivity contribution is -0.116. The lowest BCUT2D eigenvalue weighted by atomic mass is 9.98. The quantitative estimate of drug-likeness (QED) is 0.151. The van der Waals surface area contributed by atoms with E-state index in [1.807, 2.05) is 60.7 Å². The molecule has 1 unspecified atom stereocenters. The minimum atomic E-state index is -1.85. The highest BCUT2D eigenvalue weighted by atomic mass is 79.9. The van der Waals surface area contributed by atoms with Crippen LogP contribution in [-0.2, 0) is 31.7 Å². The number of nitrogens with zero attached hydrogens (tertiary/aromatic N) is 1. The van der Waals surface area contributed by atoms with Gasteiger partial charge in [-0.05, 0) is 94.9 Å². The number of fused-ring (bicyclic) bond motifs is 5. The zero-order valence-corrected chi connectivity index (χ0v) is 31.4. The van der Waals surface area contributed by atoms with Crippen molar-refractivity contribution in [1.29, 1.82) is 0 Å². The summed E-state index contributed by atoms with van der Waals surface area (Å²) in [6.45, 7) is 11.8. The van der Waals surface area contributed by atoms with Crippen molar-refractivity contribution in [1.82, 2.24) is 4.90 Å². The molecule has 0 aliphatic carbocycles. The van der Waals surface area contributed by atoms with E-state index in [4.69, 9.17) is 13.9 Å². The second-order valence-electron chi connectivity index (χ2n) is 15.0. The maximum atomic E-state index is 13.1. The van der Waals surface area contributed by atoms with Gasteiger partial charge < -0.3 is 19.2 Å². The number of benzene rings is 3. The van der Waals surface area contributed by atoms with Gasteiger partial charge in [0.25, 0.3) is 0 Å². The third-order valence-corrected chi connectivity index (χ3v) is 15.8. The zero-order valence-electron chi connectivity index (χ0n) is 28.8. The van der Waals surface area contributed by atoms with Gasteiger partial charge in [-0.2, -0.15) is 0 Å². The highest BCUT2D eigenvalue weighted by molar-refractivity contribution is 9.10. The number of likely N-dealkylation sites (N-methyl/N-ethyl adjacent to an activating group) is 1. The molecule has 8 nitrogen and oxygen atoms in total. The Labute approximate surface area is 294 Å². The summed E-state index contributed by atoms with van der Waals surface area (Å²) in [7, 11) is 0.296. The Hall–Kier alpha value is -3.02. The van der Waals surface area contributed by atoms with Gasteiger partial charge in [-0.3, -0.25) is 15.0 Å². The summed E-state index contributed by atoms with van der Waals surface area (Å²) < 4.78 is 18.9. The number of hydrogen-bond acceptors (Lipinski definition) is 6. The van der Waals surface area contributed by atoms with Gasteiger partial charge >= 0.3 is 6.09 Å². The average Bonchev–Trinajstić information content (AvgIpc) is 3.80. The van der Waals surface area contributed by atoms with E-state index in [0.717, 1.165) is 51.7 Å². The molecule has 0 radical (unpaired) electrons. The summed E-state index contributed by atoms with van der Waals surface area (Å²) in [5.74, 6) is -0.0310. The maximum Gasteiger partial charge on any atom is 0.411 e. The fraction of sp³-hybridized carbons (Fsp3) is 0.474. The van der Waals surface area contributed by atoms with Crippen LogP contribution in [0.3, 0.4) is 0 Å². The molecule has 2 N–H and O–H groups in total. The first-order valence-corrected chi connectivity index (χ1v) is 20.7. The molecule has 0 saturated carbocycles. The van der Waals surface area contributed by atoms with Crippen LogP contribution in [0, 0.1) is 0 Å². The highest BCUT2D eigenvalue weighted by Gasteiger charge is 2.62. The maximum absolute atomic E-state index is 13.1. The number of anilines is 2. The first-order chi connectivity index (χ1) is 22.8. The van der Waals surface area contributed by atoms with Gasteiger partial charge in [-0.25, -0.2) is 4.79 Å². The van der Waals surface area contributed by atoms with Crippen LogP contribution in [0.15, 0.2) is 71.2 Å². The van der Waals surface area contributed by atoms with Crippen molar-refractivity contribution in [3.8, 4) is 11.1 Å². The highest BCUT2D eigenvalue weighted by Crippen LogP contribution is 2.48. The first-order valence-electron chi connectivity index (χ1n) is 17.0. The number of carbonyl (C=O) groups is 2. The monoisotopic (exact) mass is 733 g/mol. The van der Waals surface area contributed by atoms with Crippen LogP contribution in [0.5, 0.6) is 0 Å². The van der Waals surface area contributed by atoms with Crippen molar-refractivity contribution >= 4 is 47.6 Å². The zero-order chi connectivity index (χ0) is 34.2. The number of aryl methyl sites for hydroxylation is 1. The molecule has 3 saturated heterocycles. The Balaban J connectivity index is 1.02. The standard InChI is InChI=1S/C38H48BrN3O5Si/c1-38(2,3)48(5,6)45-23-25-16-18-31(29(39)20-25)40-34(43)14-10-11-24-15-17-30(28(19-24)26-12-8-7-9-13-26)41-37(44)46-27-21-32-35-36(47-35)33(22-27)42(32)4/h7-9,12-13,15-20,27,32-33,35-36H,10-11,14,21-23H2,1-6H3,(H,40,43)(H,41,44)/t27?,32-,33+,35-,36+. The number of piperidine rings is 1. The molecule has 3 aliphatic heterocycles. The van der Waals surface area contributed by atoms with E-state index in [2.05, 4.69) is 78.4 Å². The number of hydrogen-bond donors (Lipinski definition) is 2. The summed E-state index contributed by atoms with van der Waals surface area (Å²) in [5.41, 5.74) is 5.56. The molecule has 3 fully saturated rings.